The van der Waals surface area contributed by atoms with E-state index in [9.17, 15) is 4.39 Å². The van der Waals surface area contributed by atoms with Gasteiger partial charge in [-0.1, -0.05) is 13.8 Å². The Morgan fingerprint density at radius 3 is 2.55 bits per heavy atom. The van der Waals surface area contributed by atoms with Crippen molar-refractivity contribution >= 4 is 11.4 Å². The standard InChI is InChI=1S/C16H14FN3/c1-16(2)10-20(13-6-3-11(17)4-7-13)14-8-5-12(9-18)19-15(14)16/h3-8H,10H2,1-2H3. The van der Waals surface area contributed by atoms with Gasteiger partial charge in [-0.05, 0) is 36.4 Å². The molecule has 0 amide bonds. The molecule has 0 saturated heterocycles. The number of hydrogen-bond donors (Lipinski definition) is 0. The van der Waals surface area contributed by atoms with Crippen molar-refractivity contribution in [2.75, 3.05) is 11.4 Å². The Hall–Kier alpha value is -2.41. The van der Waals surface area contributed by atoms with Gasteiger partial charge in [0.1, 0.15) is 17.6 Å². The first-order chi connectivity index (χ1) is 9.51. The predicted molar refractivity (Wildman–Crippen MR) is 75.4 cm³/mol. The largest absolute Gasteiger partial charge is 0.339 e. The maximum atomic E-state index is 13.1. The summed E-state index contributed by atoms with van der Waals surface area (Å²) in [5, 5.41) is 8.98. The van der Waals surface area contributed by atoms with Gasteiger partial charge in [0.2, 0.25) is 0 Å². The van der Waals surface area contributed by atoms with Gasteiger partial charge in [0.25, 0.3) is 0 Å². The number of aromatic nitrogens is 1. The lowest BCUT2D eigenvalue weighted by Crippen LogP contribution is -2.25. The Morgan fingerprint density at radius 1 is 1.20 bits per heavy atom. The van der Waals surface area contributed by atoms with Crippen molar-refractivity contribution in [3.05, 3.63) is 53.6 Å². The molecule has 0 spiro atoms. The summed E-state index contributed by atoms with van der Waals surface area (Å²) < 4.78 is 13.1. The molecule has 100 valence electrons. The number of halogens is 1. The van der Waals surface area contributed by atoms with Gasteiger partial charge in [-0.2, -0.15) is 5.26 Å². The van der Waals surface area contributed by atoms with E-state index in [1.807, 2.05) is 6.07 Å². The van der Waals surface area contributed by atoms with Crippen LogP contribution < -0.4 is 4.90 Å². The first kappa shape index (κ1) is 12.6. The number of nitrogens with zero attached hydrogens (tertiary/aromatic N) is 3. The Kier molecular flexibility index (Phi) is 2.72. The third-order valence-corrected chi connectivity index (χ3v) is 3.61. The van der Waals surface area contributed by atoms with E-state index in [0.29, 0.717) is 5.69 Å². The lowest BCUT2D eigenvalue weighted by molar-refractivity contribution is 0.553. The predicted octanol–water partition coefficient (Wildman–Crippen LogP) is 3.52. The monoisotopic (exact) mass is 267 g/mol. The van der Waals surface area contributed by atoms with Crippen LogP contribution in [-0.2, 0) is 5.41 Å². The maximum absolute atomic E-state index is 13.1. The van der Waals surface area contributed by atoms with Gasteiger partial charge in [0.15, 0.2) is 0 Å². The van der Waals surface area contributed by atoms with Crippen LogP contribution in [0.3, 0.4) is 0 Å². The zero-order valence-electron chi connectivity index (χ0n) is 11.4. The zero-order chi connectivity index (χ0) is 14.3. The van der Waals surface area contributed by atoms with Crippen LogP contribution in [-0.4, -0.2) is 11.5 Å². The summed E-state index contributed by atoms with van der Waals surface area (Å²) in [5.74, 6) is -0.245. The number of benzene rings is 1. The minimum absolute atomic E-state index is 0.142. The van der Waals surface area contributed by atoms with Gasteiger partial charge >= 0.3 is 0 Å². The van der Waals surface area contributed by atoms with E-state index in [4.69, 9.17) is 5.26 Å². The summed E-state index contributed by atoms with van der Waals surface area (Å²) >= 11 is 0. The van der Waals surface area contributed by atoms with Crippen LogP contribution in [0.2, 0.25) is 0 Å². The van der Waals surface area contributed by atoms with Gasteiger partial charge in [0, 0.05) is 17.6 Å². The fourth-order valence-electron chi connectivity index (χ4n) is 2.64. The second-order valence-corrected chi connectivity index (χ2v) is 5.62. The lowest BCUT2D eigenvalue weighted by Gasteiger charge is -2.22. The van der Waals surface area contributed by atoms with E-state index in [1.165, 1.54) is 12.1 Å². The van der Waals surface area contributed by atoms with Crippen LogP contribution in [0, 0.1) is 17.1 Å². The van der Waals surface area contributed by atoms with Gasteiger partial charge in [-0.25, -0.2) is 9.37 Å². The molecule has 2 heterocycles. The molecule has 4 heteroatoms. The second kappa shape index (κ2) is 4.31. The molecule has 0 aliphatic carbocycles. The number of nitriles is 1. The van der Waals surface area contributed by atoms with E-state index >= 15 is 0 Å². The van der Waals surface area contributed by atoms with E-state index < -0.39 is 0 Å². The smallest absolute Gasteiger partial charge is 0.140 e. The van der Waals surface area contributed by atoms with Crippen molar-refractivity contribution in [3.8, 4) is 6.07 Å². The summed E-state index contributed by atoms with van der Waals surface area (Å²) in [7, 11) is 0. The highest BCUT2D eigenvalue weighted by Gasteiger charge is 2.37. The van der Waals surface area contributed by atoms with Crippen molar-refractivity contribution in [2.45, 2.75) is 19.3 Å². The van der Waals surface area contributed by atoms with E-state index in [1.54, 1.807) is 18.2 Å². The molecule has 0 fully saturated rings. The molecule has 0 N–H and O–H groups in total. The Morgan fingerprint density at radius 2 is 1.90 bits per heavy atom. The molecule has 1 aromatic heterocycles. The average Bonchev–Trinajstić information content (AvgIpc) is 2.71. The molecule has 0 unspecified atom stereocenters. The lowest BCUT2D eigenvalue weighted by atomic mass is 9.91. The number of hydrogen-bond acceptors (Lipinski definition) is 3. The van der Waals surface area contributed by atoms with Crippen LogP contribution in [0.25, 0.3) is 0 Å². The van der Waals surface area contributed by atoms with Crippen molar-refractivity contribution in [1.82, 2.24) is 4.98 Å². The topological polar surface area (TPSA) is 39.9 Å². The van der Waals surface area contributed by atoms with Gasteiger partial charge in [0.05, 0.1) is 11.4 Å². The van der Waals surface area contributed by atoms with Crippen LogP contribution >= 0.6 is 0 Å². The second-order valence-electron chi connectivity index (χ2n) is 5.62. The van der Waals surface area contributed by atoms with E-state index in [0.717, 1.165) is 23.6 Å². The molecule has 0 saturated carbocycles. The maximum Gasteiger partial charge on any atom is 0.140 e. The van der Waals surface area contributed by atoms with Gasteiger partial charge < -0.3 is 4.90 Å². The summed E-state index contributed by atoms with van der Waals surface area (Å²) in [6.45, 7) is 4.96. The van der Waals surface area contributed by atoms with Crippen molar-refractivity contribution < 1.29 is 4.39 Å². The SMILES string of the molecule is CC1(C)CN(c2ccc(F)cc2)c2ccc(C#N)nc21. The summed E-state index contributed by atoms with van der Waals surface area (Å²) in [4.78, 5) is 6.56. The highest BCUT2D eigenvalue weighted by molar-refractivity contribution is 5.71. The molecule has 3 nitrogen and oxygen atoms in total. The van der Waals surface area contributed by atoms with Gasteiger partial charge in [-0.15, -0.1) is 0 Å². The van der Waals surface area contributed by atoms with Crippen molar-refractivity contribution in [1.29, 1.82) is 5.26 Å². The van der Waals surface area contributed by atoms with Crippen LogP contribution in [0.5, 0.6) is 0 Å². The average molecular weight is 267 g/mol. The van der Waals surface area contributed by atoms with Crippen LogP contribution in [0.1, 0.15) is 25.2 Å². The number of pyridine rings is 1. The van der Waals surface area contributed by atoms with Crippen LogP contribution in [0.4, 0.5) is 15.8 Å². The first-order valence-electron chi connectivity index (χ1n) is 6.46. The molecule has 2 aromatic rings. The van der Waals surface area contributed by atoms with E-state index in [2.05, 4.69) is 29.8 Å². The first-order valence-corrected chi connectivity index (χ1v) is 6.46. The number of fused-ring (bicyclic) bond motifs is 1. The number of rotatable bonds is 1. The molecule has 3 rings (SSSR count). The fourth-order valence-corrected chi connectivity index (χ4v) is 2.64. The van der Waals surface area contributed by atoms with Crippen molar-refractivity contribution in [2.24, 2.45) is 0 Å². The Balaban J connectivity index is 2.11. The molecular formula is C16H14FN3. The molecule has 0 atom stereocenters. The molecule has 1 aromatic carbocycles. The fraction of sp³-hybridized carbons (Fsp3) is 0.250. The number of anilines is 2. The molecule has 1 aliphatic rings. The quantitative estimate of drug-likeness (QED) is 0.793. The summed E-state index contributed by atoms with van der Waals surface area (Å²) in [5.41, 5.74) is 3.13. The normalized spacial score (nSPS) is 15.8. The van der Waals surface area contributed by atoms with Crippen LogP contribution in [0.15, 0.2) is 36.4 Å². The molecule has 20 heavy (non-hydrogen) atoms. The third kappa shape index (κ3) is 1.92. The highest BCUT2D eigenvalue weighted by atomic mass is 19.1. The molecule has 0 bridgehead atoms. The third-order valence-electron chi connectivity index (χ3n) is 3.61. The Labute approximate surface area is 117 Å². The summed E-state index contributed by atoms with van der Waals surface area (Å²) in [6.07, 6.45) is 0. The van der Waals surface area contributed by atoms with E-state index in [-0.39, 0.29) is 11.2 Å². The summed E-state index contributed by atoms with van der Waals surface area (Å²) in [6, 6.07) is 12.1. The van der Waals surface area contributed by atoms with Crippen molar-refractivity contribution in [3.63, 3.8) is 0 Å². The highest BCUT2D eigenvalue weighted by Crippen LogP contribution is 2.43. The minimum atomic E-state index is -0.245. The van der Waals surface area contributed by atoms with Gasteiger partial charge in [-0.3, -0.25) is 0 Å². The minimum Gasteiger partial charge on any atom is -0.339 e. The molecular weight excluding hydrogens is 253 g/mol. The zero-order valence-corrected chi connectivity index (χ0v) is 11.4. The Bertz CT molecular complexity index is 699. The molecule has 0 radical (unpaired) electrons. The molecule has 1 aliphatic heterocycles.